The van der Waals surface area contributed by atoms with Crippen molar-refractivity contribution in [2.45, 2.75) is 32.7 Å². The van der Waals surface area contributed by atoms with Crippen LogP contribution in [-0.4, -0.2) is 68.2 Å². The van der Waals surface area contributed by atoms with E-state index in [2.05, 4.69) is 30.8 Å². The summed E-state index contributed by atoms with van der Waals surface area (Å²) in [5.74, 6) is -0.323. The highest BCUT2D eigenvalue weighted by Crippen LogP contribution is 2.07. The van der Waals surface area contributed by atoms with E-state index < -0.39 is 5.54 Å². The van der Waals surface area contributed by atoms with E-state index in [0.717, 1.165) is 26.1 Å². The molecule has 0 aromatic heterocycles. The number of carbonyl (C=O) groups excluding carboxylic acids is 1. The number of nitrogens with two attached hydrogens (primary N) is 1. The lowest BCUT2D eigenvalue weighted by Crippen LogP contribution is -2.54. The Kier molecular flexibility index (Phi) is 8.15. The van der Waals surface area contributed by atoms with Crippen LogP contribution in [0.3, 0.4) is 0 Å². The molecular formula is C13H29N3O2. The van der Waals surface area contributed by atoms with E-state index in [4.69, 9.17) is 10.5 Å². The van der Waals surface area contributed by atoms with Crippen molar-refractivity contribution in [3.63, 3.8) is 0 Å². The second kappa shape index (κ2) is 8.45. The van der Waals surface area contributed by atoms with Gasteiger partial charge in [0.1, 0.15) is 5.54 Å². The number of nitrogens with zero attached hydrogens (tertiary/aromatic N) is 2. The number of ether oxygens (including phenoxy) is 1. The summed E-state index contributed by atoms with van der Waals surface area (Å²) in [5, 5.41) is 0. The smallest absolute Gasteiger partial charge is 0.327 e. The quantitative estimate of drug-likeness (QED) is 0.613. The zero-order valence-electron chi connectivity index (χ0n) is 12.5. The third kappa shape index (κ3) is 6.93. The zero-order chi connectivity index (χ0) is 14.2. The monoisotopic (exact) mass is 259 g/mol. The van der Waals surface area contributed by atoms with Crippen LogP contribution in [0.25, 0.3) is 0 Å². The third-order valence-corrected chi connectivity index (χ3v) is 2.82. The first-order valence-electron chi connectivity index (χ1n) is 6.66. The largest absolute Gasteiger partial charge is 0.465 e. The summed E-state index contributed by atoms with van der Waals surface area (Å²) in [6.45, 7) is 9.39. The molecule has 5 nitrogen and oxygen atoms in total. The Labute approximate surface area is 111 Å². The van der Waals surface area contributed by atoms with E-state index in [1.807, 2.05) is 0 Å². The van der Waals surface area contributed by atoms with E-state index in [0.29, 0.717) is 13.2 Å². The minimum absolute atomic E-state index is 0.323. The second-order valence-electron chi connectivity index (χ2n) is 5.16. The lowest BCUT2D eigenvalue weighted by atomic mass is 10.0. The van der Waals surface area contributed by atoms with E-state index in [1.54, 1.807) is 13.8 Å². The Morgan fingerprint density at radius 3 is 2.33 bits per heavy atom. The van der Waals surface area contributed by atoms with Crippen LogP contribution in [0, 0.1) is 0 Å². The van der Waals surface area contributed by atoms with Gasteiger partial charge in [-0.2, -0.15) is 0 Å². The van der Waals surface area contributed by atoms with E-state index >= 15 is 0 Å². The van der Waals surface area contributed by atoms with Gasteiger partial charge in [-0.1, -0.05) is 6.92 Å². The molecule has 108 valence electrons. The number of hydrogen-bond acceptors (Lipinski definition) is 5. The van der Waals surface area contributed by atoms with Crippen molar-refractivity contribution in [3.05, 3.63) is 0 Å². The summed E-state index contributed by atoms with van der Waals surface area (Å²) in [7, 11) is 4.11. The highest BCUT2D eigenvalue weighted by Gasteiger charge is 2.31. The molecule has 0 saturated heterocycles. The molecule has 0 saturated carbocycles. The first kappa shape index (κ1) is 17.4. The van der Waals surface area contributed by atoms with Gasteiger partial charge < -0.3 is 20.3 Å². The van der Waals surface area contributed by atoms with Crippen LogP contribution in [0.4, 0.5) is 0 Å². The van der Waals surface area contributed by atoms with Crippen LogP contribution >= 0.6 is 0 Å². The third-order valence-electron chi connectivity index (χ3n) is 2.82. The average molecular weight is 259 g/mol. The predicted molar refractivity (Wildman–Crippen MR) is 74.5 cm³/mol. The second-order valence-corrected chi connectivity index (χ2v) is 5.16. The summed E-state index contributed by atoms with van der Waals surface area (Å²) < 4.78 is 5.00. The van der Waals surface area contributed by atoms with Crippen LogP contribution < -0.4 is 5.73 Å². The molecule has 0 radical (unpaired) electrons. The Morgan fingerprint density at radius 2 is 1.89 bits per heavy atom. The molecule has 1 unspecified atom stereocenters. The Bertz CT molecular complexity index is 242. The van der Waals surface area contributed by atoms with E-state index in [9.17, 15) is 4.79 Å². The molecule has 0 aromatic carbocycles. The molecule has 0 aliphatic carbocycles. The molecule has 1 atom stereocenters. The van der Waals surface area contributed by atoms with Crippen LogP contribution in [0.2, 0.25) is 0 Å². The van der Waals surface area contributed by atoms with Crippen molar-refractivity contribution in [2.75, 3.05) is 46.9 Å². The van der Waals surface area contributed by atoms with Crippen molar-refractivity contribution >= 4 is 5.97 Å². The summed E-state index contributed by atoms with van der Waals surface area (Å²) in [4.78, 5) is 16.1. The Hall–Kier alpha value is -0.650. The normalized spacial score (nSPS) is 14.9. The van der Waals surface area contributed by atoms with Gasteiger partial charge >= 0.3 is 5.97 Å². The summed E-state index contributed by atoms with van der Waals surface area (Å²) >= 11 is 0. The number of carbonyl (C=O) groups is 1. The standard InChI is InChI=1S/C13H29N3O2/c1-6-16(10-8-9-15(4)5)11-13(3,14)12(17)18-7-2/h6-11,14H2,1-5H3. The van der Waals surface area contributed by atoms with Gasteiger partial charge in [-0.25, -0.2) is 0 Å². The summed E-state index contributed by atoms with van der Waals surface area (Å²) in [5.41, 5.74) is 5.10. The van der Waals surface area contributed by atoms with Crippen LogP contribution in [0.1, 0.15) is 27.2 Å². The van der Waals surface area contributed by atoms with Crippen LogP contribution in [0.15, 0.2) is 0 Å². The van der Waals surface area contributed by atoms with Crippen molar-refractivity contribution < 1.29 is 9.53 Å². The van der Waals surface area contributed by atoms with E-state index in [-0.39, 0.29) is 5.97 Å². The van der Waals surface area contributed by atoms with Gasteiger partial charge in [0.15, 0.2) is 0 Å². The predicted octanol–water partition coefficient (Wildman–Crippen LogP) is 0.541. The molecule has 0 aliphatic rings. The first-order valence-corrected chi connectivity index (χ1v) is 6.66. The minimum atomic E-state index is -0.926. The number of rotatable bonds is 9. The van der Waals surface area contributed by atoms with Gasteiger partial charge in [0.2, 0.25) is 0 Å². The van der Waals surface area contributed by atoms with Crippen molar-refractivity contribution in [1.29, 1.82) is 0 Å². The molecule has 2 N–H and O–H groups in total. The lowest BCUT2D eigenvalue weighted by Gasteiger charge is -2.30. The molecule has 18 heavy (non-hydrogen) atoms. The van der Waals surface area contributed by atoms with Crippen LogP contribution in [0.5, 0.6) is 0 Å². The summed E-state index contributed by atoms with van der Waals surface area (Å²) in [6, 6.07) is 0. The fourth-order valence-electron chi connectivity index (χ4n) is 1.78. The molecule has 0 bridgehead atoms. The highest BCUT2D eigenvalue weighted by atomic mass is 16.5. The Morgan fingerprint density at radius 1 is 1.28 bits per heavy atom. The molecular weight excluding hydrogens is 230 g/mol. The first-order chi connectivity index (χ1) is 8.33. The molecule has 0 aliphatic heterocycles. The highest BCUT2D eigenvalue weighted by molar-refractivity contribution is 5.80. The average Bonchev–Trinajstić information content (AvgIpc) is 2.27. The van der Waals surface area contributed by atoms with Gasteiger partial charge in [-0.05, 0) is 54.0 Å². The maximum atomic E-state index is 11.7. The fraction of sp³-hybridized carbons (Fsp3) is 0.923. The Balaban J connectivity index is 4.20. The number of esters is 1. The minimum Gasteiger partial charge on any atom is -0.465 e. The lowest BCUT2D eigenvalue weighted by molar-refractivity contribution is -0.149. The molecule has 0 fully saturated rings. The SMILES string of the molecule is CCOC(=O)C(C)(N)CN(CC)CCCN(C)C. The van der Waals surface area contributed by atoms with Crippen molar-refractivity contribution in [1.82, 2.24) is 9.80 Å². The fourth-order valence-corrected chi connectivity index (χ4v) is 1.78. The zero-order valence-corrected chi connectivity index (χ0v) is 12.5. The molecule has 5 heteroatoms. The van der Waals surface area contributed by atoms with Gasteiger partial charge in [0, 0.05) is 6.54 Å². The molecule has 0 heterocycles. The molecule has 0 rings (SSSR count). The maximum Gasteiger partial charge on any atom is 0.327 e. The van der Waals surface area contributed by atoms with E-state index in [1.165, 1.54) is 0 Å². The number of hydrogen-bond donors (Lipinski definition) is 1. The topological polar surface area (TPSA) is 58.8 Å². The maximum absolute atomic E-state index is 11.7. The van der Waals surface area contributed by atoms with Crippen molar-refractivity contribution in [3.8, 4) is 0 Å². The molecule has 0 aromatic rings. The van der Waals surface area contributed by atoms with Crippen molar-refractivity contribution in [2.24, 2.45) is 5.73 Å². The van der Waals surface area contributed by atoms with Crippen LogP contribution in [-0.2, 0) is 9.53 Å². The van der Waals surface area contributed by atoms with Gasteiger partial charge in [-0.15, -0.1) is 0 Å². The van der Waals surface area contributed by atoms with Gasteiger partial charge in [0.05, 0.1) is 6.61 Å². The van der Waals surface area contributed by atoms with Gasteiger partial charge in [0.25, 0.3) is 0 Å². The molecule has 0 spiro atoms. The molecule has 0 amide bonds. The summed E-state index contributed by atoms with van der Waals surface area (Å²) in [6.07, 6.45) is 1.07. The number of likely N-dealkylation sites (N-methyl/N-ethyl adjacent to an activating group) is 1. The van der Waals surface area contributed by atoms with Gasteiger partial charge in [-0.3, -0.25) is 4.79 Å².